The molecule has 0 atom stereocenters. The van der Waals surface area contributed by atoms with Gasteiger partial charge in [0, 0.05) is 11.8 Å². The van der Waals surface area contributed by atoms with Crippen molar-refractivity contribution in [3.8, 4) is 5.75 Å². The number of aryl methyl sites for hydroxylation is 2. The Kier molecular flexibility index (Phi) is 7.86. The standard InChI is InChI=1S/C20H22N4O6/c1-4-14-7-5-6-13(2)20(14)23-19(26)12-30-21-11-18(25)22-16-9-8-15(24(27)28)10-17(16)29-3/h5-11H,4,12H2,1-3H3,(H,22,25)(H,23,26)/b21-11-. The molecule has 0 aromatic heterocycles. The molecule has 0 bridgehead atoms. The number of nitrogens with zero attached hydrogens (tertiary/aromatic N) is 2. The molecule has 0 aliphatic rings. The second-order valence-electron chi connectivity index (χ2n) is 6.15. The second kappa shape index (κ2) is 10.6. The van der Waals surface area contributed by atoms with E-state index in [2.05, 4.69) is 15.8 Å². The Morgan fingerprint density at radius 2 is 2.00 bits per heavy atom. The van der Waals surface area contributed by atoms with Gasteiger partial charge in [-0.2, -0.15) is 0 Å². The van der Waals surface area contributed by atoms with Gasteiger partial charge in [-0.15, -0.1) is 0 Å². The van der Waals surface area contributed by atoms with Crippen LogP contribution in [-0.4, -0.2) is 36.7 Å². The van der Waals surface area contributed by atoms with Crippen LogP contribution in [0.1, 0.15) is 18.1 Å². The lowest BCUT2D eigenvalue weighted by molar-refractivity contribution is -0.384. The highest BCUT2D eigenvalue weighted by molar-refractivity contribution is 6.31. The molecule has 0 aliphatic heterocycles. The second-order valence-corrected chi connectivity index (χ2v) is 6.15. The predicted molar refractivity (Wildman–Crippen MR) is 112 cm³/mol. The smallest absolute Gasteiger partial charge is 0.273 e. The van der Waals surface area contributed by atoms with Crippen LogP contribution in [0.3, 0.4) is 0 Å². The third-order valence-corrected chi connectivity index (χ3v) is 4.10. The van der Waals surface area contributed by atoms with Gasteiger partial charge in [0.25, 0.3) is 17.5 Å². The van der Waals surface area contributed by atoms with Crippen LogP contribution in [0.2, 0.25) is 0 Å². The first kappa shape index (κ1) is 22.3. The molecule has 2 aromatic rings. The van der Waals surface area contributed by atoms with Gasteiger partial charge in [-0.1, -0.05) is 30.3 Å². The molecule has 0 spiro atoms. The summed E-state index contributed by atoms with van der Waals surface area (Å²) in [7, 11) is 1.32. The van der Waals surface area contributed by atoms with Crippen LogP contribution in [0, 0.1) is 17.0 Å². The van der Waals surface area contributed by atoms with Crippen LogP contribution in [0.15, 0.2) is 41.6 Å². The molecule has 2 N–H and O–H groups in total. The van der Waals surface area contributed by atoms with E-state index in [1.54, 1.807) is 0 Å². The number of oxime groups is 1. The number of anilines is 2. The van der Waals surface area contributed by atoms with Crippen LogP contribution >= 0.6 is 0 Å². The summed E-state index contributed by atoms with van der Waals surface area (Å²) in [5, 5.41) is 19.5. The highest BCUT2D eigenvalue weighted by Gasteiger charge is 2.13. The van der Waals surface area contributed by atoms with Crippen LogP contribution in [0.5, 0.6) is 5.75 Å². The summed E-state index contributed by atoms with van der Waals surface area (Å²) >= 11 is 0. The number of para-hydroxylation sites is 1. The normalized spacial score (nSPS) is 10.5. The highest BCUT2D eigenvalue weighted by atomic mass is 16.6. The number of ether oxygens (including phenoxy) is 1. The Labute approximate surface area is 173 Å². The molecule has 2 aromatic carbocycles. The zero-order chi connectivity index (χ0) is 22.1. The lowest BCUT2D eigenvalue weighted by Crippen LogP contribution is -2.19. The first-order chi connectivity index (χ1) is 14.3. The maximum absolute atomic E-state index is 12.1. The lowest BCUT2D eigenvalue weighted by Gasteiger charge is -2.12. The topological polar surface area (TPSA) is 132 Å². The Bertz CT molecular complexity index is 974. The third-order valence-electron chi connectivity index (χ3n) is 4.10. The summed E-state index contributed by atoms with van der Waals surface area (Å²) in [6.45, 7) is 3.51. The summed E-state index contributed by atoms with van der Waals surface area (Å²) in [6.07, 6.45) is 1.61. The molecule has 2 amide bonds. The minimum Gasteiger partial charge on any atom is -0.494 e. The molecule has 0 fully saturated rings. The highest BCUT2D eigenvalue weighted by Crippen LogP contribution is 2.28. The molecule has 0 unspecified atom stereocenters. The average molecular weight is 414 g/mol. The molecular weight excluding hydrogens is 392 g/mol. The van der Waals surface area contributed by atoms with Crippen LogP contribution in [-0.2, 0) is 20.8 Å². The third kappa shape index (κ3) is 6.03. The minimum atomic E-state index is -0.658. The average Bonchev–Trinajstić information content (AvgIpc) is 2.72. The van der Waals surface area contributed by atoms with Gasteiger partial charge in [0.05, 0.1) is 23.8 Å². The number of hydrogen-bond acceptors (Lipinski definition) is 7. The Balaban J connectivity index is 1.88. The molecule has 0 radical (unpaired) electrons. The summed E-state index contributed by atoms with van der Waals surface area (Å²) < 4.78 is 5.03. The van der Waals surface area contributed by atoms with E-state index in [-0.39, 0.29) is 23.7 Å². The number of nitro groups is 1. The molecule has 0 aliphatic carbocycles. The minimum absolute atomic E-state index is 0.121. The summed E-state index contributed by atoms with van der Waals surface area (Å²) in [6, 6.07) is 9.49. The zero-order valence-electron chi connectivity index (χ0n) is 16.8. The van der Waals surface area contributed by atoms with Crippen molar-refractivity contribution in [2.24, 2.45) is 5.16 Å². The first-order valence-electron chi connectivity index (χ1n) is 9.02. The predicted octanol–water partition coefficient (Wildman–Crippen LogP) is 3.05. The number of rotatable bonds is 9. The van der Waals surface area contributed by atoms with Crippen molar-refractivity contribution in [2.45, 2.75) is 20.3 Å². The van der Waals surface area contributed by atoms with Crippen LogP contribution < -0.4 is 15.4 Å². The quantitative estimate of drug-likeness (QED) is 0.368. The van der Waals surface area contributed by atoms with E-state index in [1.165, 1.54) is 25.3 Å². The fourth-order valence-corrected chi connectivity index (χ4v) is 2.62. The Morgan fingerprint density at radius 3 is 2.67 bits per heavy atom. The summed E-state index contributed by atoms with van der Waals surface area (Å²) in [5.74, 6) is -0.945. The maximum atomic E-state index is 12.1. The van der Waals surface area contributed by atoms with Crippen molar-refractivity contribution >= 4 is 35.1 Å². The number of amides is 2. The molecule has 10 heteroatoms. The lowest BCUT2D eigenvalue weighted by atomic mass is 10.1. The molecule has 0 saturated carbocycles. The van der Waals surface area contributed by atoms with Gasteiger partial charge < -0.3 is 20.2 Å². The van der Waals surface area contributed by atoms with E-state index in [0.29, 0.717) is 0 Å². The van der Waals surface area contributed by atoms with Crippen molar-refractivity contribution in [3.63, 3.8) is 0 Å². The number of carbonyl (C=O) groups excluding carboxylic acids is 2. The fraction of sp³-hybridized carbons (Fsp3) is 0.250. The number of methoxy groups -OCH3 is 1. The van der Waals surface area contributed by atoms with Gasteiger partial charge in [-0.05, 0) is 30.5 Å². The van der Waals surface area contributed by atoms with Gasteiger partial charge in [0.15, 0.2) is 6.61 Å². The van der Waals surface area contributed by atoms with Crippen molar-refractivity contribution in [1.29, 1.82) is 0 Å². The number of nitrogens with one attached hydrogen (secondary N) is 2. The first-order valence-corrected chi connectivity index (χ1v) is 9.02. The number of hydrogen-bond donors (Lipinski definition) is 2. The van der Waals surface area contributed by atoms with E-state index in [9.17, 15) is 19.7 Å². The largest absolute Gasteiger partial charge is 0.494 e. The Morgan fingerprint density at radius 1 is 1.23 bits per heavy atom. The van der Waals surface area contributed by atoms with Crippen molar-refractivity contribution in [2.75, 3.05) is 24.4 Å². The zero-order valence-corrected chi connectivity index (χ0v) is 16.8. The molecule has 0 heterocycles. The van der Waals surface area contributed by atoms with E-state index >= 15 is 0 Å². The van der Waals surface area contributed by atoms with Crippen molar-refractivity contribution < 1.29 is 24.1 Å². The van der Waals surface area contributed by atoms with E-state index in [1.807, 2.05) is 32.0 Å². The monoisotopic (exact) mass is 414 g/mol. The molecule has 158 valence electrons. The molecule has 30 heavy (non-hydrogen) atoms. The van der Waals surface area contributed by atoms with Crippen LogP contribution in [0.25, 0.3) is 0 Å². The summed E-state index contributed by atoms with van der Waals surface area (Å²) in [4.78, 5) is 39.1. The van der Waals surface area contributed by atoms with E-state index in [0.717, 1.165) is 29.4 Å². The molecule has 10 nitrogen and oxygen atoms in total. The number of benzene rings is 2. The van der Waals surface area contributed by atoms with E-state index < -0.39 is 16.7 Å². The molecule has 0 saturated heterocycles. The Hall–Kier alpha value is -3.95. The SMILES string of the molecule is CCc1cccc(C)c1NC(=O)CO/N=C\C(=O)Nc1ccc([N+](=O)[O-])cc1OC. The van der Waals surface area contributed by atoms with Gasteiger partial charge >= 0.3 is 0 Å². The number of non-ortho nitro benzene ring substituents is 1. The van der Waals surface area contributed by atoms with Crippen molar-refractivity contribution in [3.05, 3.63) is 57.6 Å². The maximum Gasteiger partial charge on any atom is 0.273 e. The van der Waals surface area contributed by atoms with Gasteiger partial charge in [-0.3, -0.25) is 19.7 Å². The van der Waals surface area contributed by atoms with Gasteiger partial charge in [-0.25, -0.2) is 0 Å². The van der Waals surface area contributed by atoms with E-state index in [4.69, 9.17) is 9.57 Å². The number of nitro benzene ring substituents is 1. The van der Waals surface area contributed by atoms with Gasteiger partial charge in [0.1, 0.15) is 12.0 Å². The fourth-order valence-electron chi connectivity index (χ4n) is 2.62. The number of carbonyl (C=O) groups is 2. The van der Waals surface area contributed by atoms with Crippen LogP contribution in [0.4, 0.5) is 17.1 Å². The molecular formula is C20H22N4O6. The summed E-state index contributed by atoms with van der Waals surface area (Å²) in [5.41, 5.74) is 2.73. The molecule has 2 rings (SSSR count). The van der Waals surface area contributed by atoms with Crippen molar-refractivity contribution in [1.82, 2.24) is 0 Å². The van der Waals surface area contributed by atoms with Gasteiger partial charge in [0.2, 0.25) is 0 Å².